The molecule has 2 fully saturated rings. The van der Waals surface area contributed by atoms with Crippen molar-refractivity contribution in [2.75, 3.05) is 51.7 Å². The Labute approximate surface area is 511 Å². The van der Waals surface area contributed by atoms with E-state index >= 15 is 0 Å². The van der Waals surface area contributed by atoms with Gasteiger partial charge < -0.3 is 70.7 Å². The molecule has 0 spiro atoms. The van der Waals surface area contributed by atoms with Gasteiger partial charge in [-0.1, -0.05) is 84.4 Å². The average molecular weight is 1220 g/mol. The fraction of sp³-hybridized carbons (Fsp3) is 0.635. The summed E-state index contributed by atoms with van der Waals surface area (Å²) in [7, 11) is 1.50. The van der Waals surface area contributed by atoms with E-state index in [2.05, 4.69) is 34.3 Å². The number of nitrogens with zero attached hydrogens (tertiary/aromatic N) is 3. The van der Waals surface area contributed by atoms with E-state index in [-0.39, 0.29) is 138 Å². The van der Waals surface area contributed by atoms with Crippen LogP contribution in [-0.2, 0) is 59.1 Å². The van der Waals surface area contributed by atoms with Gasteiger partial charge in [0.2, 0.25) is 17.7 Å². The first kappa shape index (κ1) is 70.6. The topological polar surface area (TPSA) is 327 Å². The highest BCUT2D eigenvalue weighted by atomic mass is 16.6. The first-order chi connectivity index (χ1) is 41.3. The number of methoxy groups -OCH3 is 1. The number of benzene rings is 1. The van der Waals surface area contributed by atoms with E-state index < -0.39 is 78.1 Å². The van der Waals surface area contributed by atoms with Crippen LogP contribution in [0.2, 0.25) is 0 Å². The zero-order chi connectivity index (χ0) is 64.0. The number of primary amides is 1. The Kier molecular flexibility index (Phi) is 27.9. The second-order valence-electron chi connectivity index (χ2n) is 23.8. The number of aliphatic hydroxyl groups is 2. The van der Waals surface area contributed by atoms with Gasteiger partial charge in [-0.25, -0.2) is 14.4 Å². The summed E-state index contributed by atoms with van der Waals surface area (Å²) in [6.45, 7) is 16.0. The Morgan fingerprint density at radius 2 is 1.56 bits per heavy atom. The molecule has 87 heavy (non-hydrogen) atoms. The van der Waals surface area contributed by atoms with E-state index in [0.29, 0.717) is 36.9 Å². The number of epoxide rings is 1. The summed E-state index contributed by atoms with van der Waals surface area (Å²) in [6, 6.07) is 3.74. The second-order valence-corrected chi connectivity index (χ2v) is 23.8. The van der Waals surface area contributed by atoms with Gasteiger partial charge in [0.25, 0.3) is 11.8 Å². The molecule has 0 aliphatic carbocycles. The number of rotatable bonds is 28. The molecule has 0 bridgehead atoms. The smallest absolute Gasteiger partial charge is 0.410 e. The zero-order valence-corrected chi connectivity index (χ0v) is 52.0. The maximum absolute atomic E-state index is 13.9. The molecule has 1 aromatic carbocycles. The van der Waals surface area contributed by atoms with Crippen LogP contribution in [0.15, 0.2) is 72.4 Å². The van der Waals surface area contributed by atoms with Crippen LogP contribution in [0.25, 0.3) is 0 Å². The van der Waals surface area contributed by atoms with Gasteiger partial charge in [0, 0.05) is 82.5 Å². The number of esters is 1. The van der Waals surface area contributed by atoms with Crippen molar-refractivity contribution in [3.8, 4) is 0 Å². The molecule has 1 aromatic rings. The van der Waals surface area contributed by atoms with Gasteiger partial charge in [0.05, 0.1) is 30.8 Å². The predicted octanol–water partition coefficient (Wildman–Crippen LogP) is 5.70. The van der Waals surface area contributed by atoms with Gasteiger partial charge in [0.15, 0.2) is 6.10 Å². The quantitative estimate of drug-likeness (QED) is 0.0101. The highest BCUT2D eigenvalue weighted by Gasteiger charge is 2.45. The van der Waals surface area contributed by atoms with Crippen LogP contribution in [0.5, 0.6) is 0 Å². The normalized spacial score (nSPS) is 24.9. The van der Waals surface area contributed by atoms with Crippen molar-refractivity contribution in [3.63, 3.8) is 0 Å². The summed E-state index contributed by atoms with van der Waals surface area (Å²) in [5.41, 5.74) is 5.88. The third-order valence-corrected chi connectivity index (χ3v) is 16.4. The first-order valence-electron chi connectivity index (χ1n) is 30.6. The lowest BCUT2D eigenvalue weighted by Gasteiger charge is -2.38. The lowest BCUT2D eigenvalue weighted by molar-refractivity contribution is -0.151. The number of aliphatic hydroxyl groups excluding tert-OH is 2. The fourth-order valence-electron chi connectivity index (χ4n) is 10.6. The molecule has 12 atom stereocenters. The van der Waals surface area contributed by atoms with E-state index in [9.17, 15) is 53.4 Å². The van der Waals surface area contributed by atoms with Crippen LogP contribution in [0.4, 0.5) is 20.1 Å². The van der Waals surface area contributed by atoms with Crippen molar-refractivity contribution in [3.05, 3.63) is 77.9 Å². The minimum absolute atomic E-state index is 0.0445. The second kappa shape index (κ2) is 34.4. The third kappa shape index (κ3) is 22.5. The van der Waals surface area contributed by atoms with Crippen molar-refractivity contribution in [2.45, 2.75) is 187 Å². The molecule has 24 heteroatoms. The molecule has 0 saturated carbocycles. The first-order valence-corrected chi connectivity index (χ1v) is 30.6. The van der Waals surface area contributed by atoms with Crippen LogP contribution in [0, 0.1) is 23.7 Å². The Balaban J connectivity index is 1.11. The molecule has 4 aliphatic heterocycles. The number of carbonyl (C=O) groups excluding carboxylic acids is 9. The molecule has 0 radical (unpaired) electrons. The molecule has 9 amide bonds. The maximum Gasteiger partial charge on any atom is 0.410 e. The van der Waals surface area contributed by atoms with Gasteiger partial charge in [0.1, 0.15) is 30.4 Å². The molecule has 8 N–H and O–H groups in total. The van der Waals surface area contributed by atoms with Crippen molar-refractivity contribution in [1.82, 2.24) is 30.7 Å². The highest BCUT2D eigenvalue weighted by molar-refractivity contribution is 6.12. The number of cyclic esters (lactones) is 1. The number of ether oxygens (including phenoxy) is 5. The van der Waals surface area contributed by atoms with Crippen molar-refractivity contribution in [1.29, 1.82) is 0 Å². The molecule has 0 unspecified atom stereocenters. The van der Waals surface area contributed by atoms with Crippen molar-refractivity contribution >= 4 is 59.4 Å². The van der Waals surface area contributed by atoms with E-state index in [1.54, 1.807) is 51.1 Å². The monoisotopic (exact) mass is 1220 g/mol. The summed E-state index contributed by atoms with van der Waals surface area (Å²) in [5.74, 6) is -3.28. The molecule has 2 saturated heterocycles. The molecule has 0 aromatic heterocycles. The summed E-state index contributed by atoms with van der Waals surface area (Å²) in [6.07, 6.45) is 11.4. The molecule has 4 heterocycles. The number of piperazine rings is 1. The van der Waals surface area contributed by atoms with E-state index in [1.807, 2.05) is 45.9 Å². The molecular formula is C63H94N8O16. The van der Waals surface area contributed by atoms with Gasteiger partial charge >= 0.3 is 24.2 Å². The number of nitrogens with two attached hydrogens (primary N) is 1. The Bertz CT molecular complexity index is 2620. The number of allylic oxidation sites excluding steroid dienone is 3. The molecule has 482 valence electrons. The van der Waals surface area contributed by atoms with Crippen molar-refractivity contribution < 1.29 is 77.0 Å². The van der Waals surface area contributed by atoms with E-state index in [1.165, 1.54) is 29.1 Å². The zero-order valence-electron chi connectivity index (χ0n) is 52.0. The third-order valence-electron chi connectivity index (χ3n) is 16.4. The summed E-state index contributed by atoms with van der Waals surface area (Å²) in [5, 5.41) is 32.0. The number of nitrogens with one attached hydrogen (secondary N) is 4. The number of imide groups is 1. The van der Waals surface area contributed by atoms with Crippen LogP contribution in [0.3, 0.4) is 0 Å². The van der Waals surface area contributed by atoms with Crippen LogP contribution >= 0.6 is 0 Å². The predicted molar refractivity (Wildman–Crippen MR) is 323 cm³/mol. The maximum atomic E-state index is 13.9. The Morgan fingerprint density at radius 3 is 2.20 bits per heavy atom. The highest BCUT2D eigenvalue weighted by Crippen LogP contribution is 2.37. The number of urea groups is 1. The summed E-state index contributed by atoms with van der Waals surface area (Å²) in [4.78, 5) is 120. The fourth-order valence-corrected chi connectivity index (χ4v) is 10.6. The number of carbonyl (C=O) groups is 9. The van der Waals surface area contributed by atoms with Gasteiger partial charge in [-0.05, 0) is 106 Å². The molecule has 4 aliphatic rings. The van der Waals surface area contributed by atoms with Gasteiger partial charge in [-0.2, -0.15) is 0 Å². The van der Waals surface area contributed by atoms with Gasteiger partial charge in [-0.3, -0.25) is 33.7 Å². The SMILES string of the molecule is CC[C@H](O)[C@@H](C)[C@H]1O[C@@H]1C[C@H](C)/C=C/C=C(\C)[C@H]1OC(=O)C[C@H](O)CC[C@@](C)(OC)[C@@H](OC(=O)N2CCN(C(=O)OCc3ccc(NC(=O)[C@H](CCCNC(N)=O)NC(=O)[C@@H](NC(=O)CCCCCN4C(=O)C=CC4=O)C(C)C)cc3)CC2)/C=C/[C@@H]1C. The largest absolute Gasteiger partial charge is 0.457 e. The van der Waals surface area contributed by atoms with Crippen LogP contribution in [-0.4, -0.2) is 179 Å². The number of anilines is 1. The Morgan fingerprint density at radius 1 is 0.897 bits per heavy atom. The van der Waals surface area contributed by atoms with E-state index in [0.717, 1.165) is 16.9 Å². The van der Waals surface area contributed by atoms with Crippen LogP contribution < -0.4 is 27.0 Å². The van der Waals surface area contributed by atoms with Gasteiger partial charge in [-0.15, -0.1) is 0 Å². The number of unbranched alkanes of at least 4 members (excludes halogenated alkanes) is 2. The molecule has 24 nitrogen and oxygen atoms in total. The minimum atomic E-state index is -1.10. The minimum Gasteiger partial charge on any atom is -0.457 e. The average Bonchev–Trinajstić information content (AvgIpc) is 2.97. The molecule has 5 rings (SSSR count). The summed E-state index contributed by atoms with van der Waals surface area (Å²) >= 11 is 0. The number of hydrogen-bond acceptors (Lipinski definition) is 16. The summed E-state index contributed by atoms with van der Waals surface area (Å²) < 4.78 is 29.7. The lowest BCUT2D eigenvalue weighted by atomic mass is 9.88. The Hall–Kier alpha value is -7.15. The van der Waals surface area contributed by atoms with Crippen molar-refractivity contribution in [2.24, 2.45) is 29.4 Å². The number of hydrogen-bond donors (Lipinski definition) is 7. The van der Waals surface area contributed by atoms with Crippen LogP contribution in [0.1, 0.15) is 132 Å². The molecular weight excluding hydrogens is 1120 g/mol. The standard InChI is InChI=1S/C63H94N8O16/c1-10-48(73)43(7)57-49(85-57)36-40(4)16-14-17-41(5)56-42(6)20-25-50(63(8,83-9)29-28-46(72)37-54(77)87-56)86-62(82)70-34-32-69(33-35-70)61(81)84-38-44-21-23-45(24-22-44)66-58(78)47(18-15-30-65-60(64)80)67-59(79)55(39(2)3)68-51(74)19-12-11-13-31-71-52(75)26-27-53(71)76/h14,16-17,20-27,39-40,42-43,46-50,55-57,72-73H,10-13,15,18-19,28-38H2,1-9H3,(H,66,78)(H,67,79)(H,68,74)(H3,64,65,80)/b16-14+,25-20+,41-17+/t40-,42+,43-,46-,47+,48+,49-,50+,55+,56-,57-,63-/m1/s1. The van der Waals surface area contributed by atoms with E-state index in [4.69, 9.17) is 29.4 Å². The lowest BCUT2D eigenvalue weighted by Crippen LogP contribution is -2.54. The number of amides is 9.